The molecule has 1 fully saturated rings. The molecule has 126 valence electrons. The molecule has 2 aromatic carbocycles. The van der Waals surface area contributed by atoms with Gasteiger partial charge in [0.2, 0.25) is 0 Å². The predicted octanol–water partition coefficient (Wildman–Crippen LogP) is 3.67. The molecule has 3 nitrogen and oxygen atoms in total. The van der Waals surface area contributed by atoms with Crippen LogP contribution in [0.5, 0.6) is 0 Å². The summed E-state index contributed by atoms with van der Waals surface area (Å²) in [5.74, 6) is 0. The minimum atomic E-state index is -0.292. The van der Waals surface area contributed by atoms with E-state index >= 15 is 0 Å². The van der Waals surface area contributed by atoms with E-state index in [-0.39, 0.29) is 12.1 Å². The fourth-order valence-electron chi connectivity index (χ4n) is 2.99. The van der Waals surface area contributed by atoms with Crippen LogP contribution < -0.4 is 9.78 Å². The molecule has 0 bridgehead atoms. The van der Waals surface area contributed by atoms with Gasteiger partial charge in [0, 0.05) is 0 Å². The summed E-state index contributed by atoms with van der Waals surface area (Å²) in [5, 5.41) is 3.11. The fourth-order valence-corrected chi connectivity index (χ4v) is 5.76. The van der Waals surface area contributed by atoms with Crippen LogP contribution in [-0.2, 0) is 11.3 Å². The molecule has 0 heterocycles. The Morgan fingerprint density at radius 2 is 1.67 bits per heavy atom. The zero-order valence-corrected chi connectivity index (χ0v) is 15.4. The van der Waals surface area contributed by atoms with Gasteiger partial charge in [-0.2, -0.15) is 0 Å². The molecule has 24 heavy (non-hydrogen) atoms. The maximum absolute atomic E-state index is 12.2. The Morgan fingerprint density at radius 1 is 1.00 bits per heavy atom. The molecule has 3 rings (SSSR count). The van der Waals surface area contributed by atoms with Gasteiger partial charge >= 0.3 is 150 Å². The number of rotatable bonds is 5. The van der Waals surface area contributed by atoms with Gasteiger partial charge in [-0.25, -0.2) is 0 Å². The van der Waals surface area contributed by atoms with E-state index in [4.69, 9.17) is 4.74 Å². The zero-order valence-electron chi connectivity index (χ0n) is 13.7. The monoisotopic (exact) mass is 389 g/mol. The molecule has 1 aliphatic rings. The quantitative estimate of drug-likeness (QED) is 0.794. The van der Waals surface area contributed by atoms with Crippen molar-refractivity contribution in [2.75, 3.05) is 0 Å². The third kappa shape index (κ3) is 5.12. The van der Waals surface area contributed by atoms with Crippen molar-refractivity contribution >= 4 is 25.5 Å². The van der Waals surface area contributed by atoms with Gasteiger partial charge in [0.05, 0.1) is 0 Å². The average Bonchev–Trinajstić information content (AvgIpc) is 2.63. The van der Waals surface area contributed by atoms with Gasteiger partial charge < -0.3 is 0 Å². The second-order valence-corrected chi connectivity index (χ2v) is 8.82. The summed E-state index contributed by atoms with van der Waals surface area (Å²) in [6.07, 6.45) is 4.40. The Morgan fingerprint density at radius 3 is 2.42 bits per heavy atom. The summed E-state index contributed by atoms with van der Waals surface area (Å²) in [6, 6.07) is 20.7. The van der Waals surface area contributed by atoms with Crippen molar-refractivity contribution in [3.63, 3.8) is 0 Å². The summed E-state index contributed by atoms with van der Waals surface area (Å²) in [4.78, 5) is 12.7. The number of carbonyl (C=O) groups is 1. The van der Waals surface area contributed by atoms with E-state index in [1.807, 2.05) is 30.3 Å². The van der Waals surface area contributed by atoms with Crippen LogP contribution in [0, 0.1) is 0 Å². The molecule has 1 saturated carbocycles. The van der Waals surface area contributed by atoms with E-state index in [1.165, 1.54) is 23.7 Å². The molecule has 2 aromatic rings. The van der Waals surface area contributed by atoms with E-state index in [9.17, 15) is 4.79 Å². The minimum absolute atomic E-state index is 0.238. The van der Waals surface area contributed by atoms with Gasteiger partial charge in [0.25, 0.3) is 0 Å². The average molecular weight is 388 g/mol. The number of hydrogen-bond acceptors (Lipinski definition) is 2. The number of alkyl carbamates (subject to hydrolysis) is 1. The van der Waals surface area contributed by atoms with Crippen LogP contribution in [0.1, 0.15) is 31.2 Å². The van der Waals surface area contributed by atoms with Crippen molar-refractivity contribution in [1.82, 2.24) is 5.32 Å². The molecular formula is C20H23NO2Se. The van der Waals surface area contributed by atoms with Gasteiger partial charge in [-0.15, -0.1) is 0 Å². The normalized spacial score (nSPS) is 20.3. The van der Waals surface area contributed by atoms with Crippen LogP contribution >= 0.6 is 0 Å². The molecule has 0 aromatic heterocycles. The van der Waals surface area contributed by atoms with Gasteiger partial charge in [0.1, 0.15) is 0 Å². The van der Waals surface area contributed by atoms with Crippen LogP contribution in [-0.4, -0.2) is 27.1 Å². The van der Waals surface area contributed by atoms with Crippen LogP contribution in [0.4, 0.5) is 4.79 Å². The van der Waals surface area contributed by atoms with Crippen LogP contribution in [0.15, 0.2) is 60.7 Å². The Balaban J connectivity index is 1.52. The Hall–Kier alpha value is -1.77. The molecule has 0 spiro atoms. The molecule has 1 amide bonds. The van der Waals surface area contributed by atoms with Crippen LogP contribution in [0.3, 0.4) is 0 Å². The molecule has 4 heteroatoms. The van der Waals surface area contributed by atoms with Crippen molar-refractivity contribution < 1.29 is 9.53 Å². The van der Waals surface area contributed by atoms with Crippen molar-refractivity contribution in [2.45, 2.75) is 43.1 Å². The Labute approximate surface area is 150 Å². The van der Waals surface area contributed by atoms with Crippen LogP contribution in [0.2, 0.25) is 4.82 Å². The third-order valence-electron chi connectivity index (χ3n) is 4.25. The second-order valence-electron chi connectivity index (χ2n) is 6.07. The standard InChI is InChI=1S/C20H23NO2Se/c22-20(23-15-16-9-3-1-4-10-16)21-18-13-7-8-14-19(18)24-17-11-5-2-6-12-17/h1-6,9-12,18-19H,7-8,13-15H2,(H,21,22)/t18-,19-/m1/s1. The molecule has 2 atom stereocenters. The summed E-state index contributed by atoms with van der Waals surface area (Å²) in [6.45, 7) is 0.327. The first-order chi connectivity index (χ1) is 11.8. The number of ether oxygens (including phenoxy) is 1. The predicted molar refractivity (Wildman–Crippen MR) is 97.6 cm³/mol. The second kappa shape index (κ2) is 8.91. The van der Waals surface area contributed by atoms with Gasteiger partial charge in [-0.05, 0) is 0 Å². The maximum atomic E-state index is 12.2. The van der Waals surface area contributed by atoms with E-state index in [0.717, 1.165) is 12.0 Å². The third-order valence-corrected chi connectivity index (χ3v) is 7.21. The molecule has 0 unspecified atom stereocenters. The number of nitrogens with one attached hydrogen (secondary N) is 1. The van der Waals surface area contributed by atoms with Gasteiger partial charge in [-0.1, -0.05) is 0 Å². The topological polar surface area (TPSA) is 38.3 Å². The first-order valence-corrected chi connectivity index (χ1v) is 10.3. The summed E-state index contributed by atoms with van der Waals surface area (Å²) in [5.41, 5.74) is 1.02. The summed E-state index contributed by atoms with van der Waals surface area (Å²) >= 11 is 0.388. The van der Waals surface area contributed by atoms with Gasteiger partial charge in [0.15, 0.2) is 0 Å². The van der Waals surface area contributed by atoms with Crippen molar-refractivity contribution in [1.29, 1.82) is 0 Å². The van der Waals surface area contributed by atoms with Crippen molar-refractivity contribution in [3.05, 3.63) is 66.2 Å². The SMILES string of the molecule is O=C(N[C@@H]1CCCC[C@H]1[Se]c1ccccc1)OCc1ccccc1. The number of amides is 1. The molecule has 0 radical (unpaired) electrons. The van der Waals surface area contributed by atoms with Crippen LogP contribution in [0.25, 0.3) is 0 Å². The first kappa shape index (κ1) is 17.1. The fraction of sp³-hybridized carbons (Fsp3) is 0.350. The molecule has 1 aliphatic carbocycles. The Kier molecular flexibility index (Phi) is 6.33. The molecule has 0 aliphatic heterocycles. The number of hydrogen-bond donors (Lipinski definition) is 1. The zero-order chi connectivity index (χ0) is 16.6. The van der Waals surface area contributed by atoms with E-state index < -0.39 is 0 Å². The van der Waals surface area contributed by atoms with E-state index in [2.05, 4.69) is 35.6 Å². The molecule has 0 saturated heterocycles. The Bertz CT molecular complexity index is 633. The molecule has 1 N–H and O–H groups in total. The van der Waals surface area contributed by atoms with Gasteiger partial charge in [-0.3, -0.25) is 0 Å². The molecular weight excluding hydrogens is 365 g/mol. The van der Waals surface area contributed by atoms with E-state index in [0.29, 0.717) is 26.4 Å². The van der Waals surface area contributed by atoms with E-state index in [1.54, 1.807) is 0 Å². The van der Waals surface area contributed by atoms with Crippen molar-refractivity contribution in [3.8, 4) is 0 Å². The summed E-state index contributed by atoms with van der Waals surface area (Å²) in [7, 11) is 0. The van der Waals surface area contributed by atoms with Crippen molar-refractivity contribution in [2.24, 2.45) is 0 Å². The summed E-state index contributed by atoms with van der Waals surface area (Å²) < 4.78 is 6.79. The first-order valence-electron chi connectivity index (χ1n) is 8.50. The number of benzene rings is 2. The number of carbonyl (C=O) groups excluding carboxylic acids is 1.